The zero-order chi connectivity index (χ0) is 17.1. The molecule has 2 heterocycles. The molecule has 1 N–H and O–H groups in total. The van der Waals surface area contributed by atoms with Gasteiger partial charge in [0.15, 0.2) is 0 Å². The van der Waals surface area contributed by atoms with Crippen molar-refractivity contribution >= 4 is 17.5 Å². The fraction of sp³-hybridized carbons (Fsp3) is 0.474. The highest BCUT2D eigenvalue weighted by molar-refractivity contribution is 5.58. The van der Waals surface area contributed by atoms with Crippen LogP contribution in [-0.2, 0) is 0 Å². The first-order valence-corrected chi connectivity index (χ1v) is 8.72. The fourth-order valence-corrected chi connectivity index (χ4v) is 3.24. The summed E-state index contributed by atoms with van der Waals surface area (Å²) in [6, 6.07) is 8.49. The first-order valence-electron chi connectivity index (χ1n) is 8.72. The Hall–Kier alpha value is -2.14. The van der Waals surface area contributed by atoms with Gasteiger partial charge in [-0.3, -0.25) is 0 Å². The molecule has 5 nitrogen and oxygen atoms in total. The zero-order valence-corrected chi connectivity index (χ0v) is 15.1. The Kier molecular flexibility index (Phi) is 5.00. The smallest absolute Gasteiger partial charge is 0.229 e. The van der Waals surface area contributed by atoms with Crippen molar-refractivity contribution in [2.75, 3.05) is 42.9 Å². The van der Waals surface area contributed by atoms with E-state index in [4.69, 9.17) is 4.98 Å². The molecule has 5 heteroatoms. The van der Waals surface area contributed by atoms with Crippen LogP contribution in [0.5, 0.6) is 0 Å². The summed E-state index contributed by atoms with van der Waals surface area (Å²) in [4.78, 5) is 14.1. The molecule has 0 unspecified atom stereocenters. The number of nitrogens with one attached hydrogen (secondary N) is 1. The first kappa shape index (κ1) is 16.7. The number of benzene rings is 1. The summed E-state index contributed by atoms with van der Waals surface area (Å²) in [6.45, 7) is 13.8. The molecule has 0 atom stereocenters. The molecule has 1 aromatic heterocycles. The van der Waals surface area contributed by atoms with E-state index in [1.165, 1.54) is 11.1 Å². The van der Waals surface area contributed by atoms with Crippen molar-refractivity contribution < 1.29 is 0 Å². The zero-order valence-electron chi connectivity index (χ0n) is 15.1. The minimum absolute atomic E-state index is 0.674. The summed E-state index contributed by atoms with van der Waals surface area (Å²) in [5.74, 6) is 1.69. The average Bonchev–Trinajstić information content (AvgIpc) is 2.53. The monoisotopic (exact) mass is 325 g/mol. The summed E-state index contributed by atoms with van der Waals surface area (Å²) in [7, 11) is 0. The molecule has 2 aromatic rings. The van der Waals surface area contributed by atoms with Crippen molar-refractivity contribution in [3.05, 3.63) is 41.1 Å². The summed E-state index contributed by atoms with van der Waals surface area (Å²) in [5.41, 5.74) is 4.51. The van der Waals surface area contributed by atoms with E-state index in [2.05, 4.69) is 65.1 Å². The van der Waals surface area contributed by atoms with Crippen LogP contribution in [0.1, 0.15) is 23.7 Å². The molecule has 1 aliphatic heterocycles. The van der Waals surface area contributed by atoms with E-state index in [1.54, 1.807) is 0 Å². The molecule has 1 fully saturated rings. The van der Waals surface area contributed by atoms with Crippen LogP contribution in [0.2, 0.25) is 0 Å². The number of hydrogen-bond donors (Lipinski definition) is 1. The van der Waals surface area contributed by atoms with Gasteiger partial charge in [0.1, 0.15) is 5.82 Å². The molecule has 0 amide bonds. The Balaban J connectivity index is 1.79. The summed E-state index contributed by atoms with van der Waals surface area (Å²) in [5, 5.41) is 3.37. The van der Waals surface area contributed by atoms with E-state index in [0.29, 0.717) is 5.95 Å². The minimum Gasteiger partial charge on any atom is -0.354 e. The molecule has 0 aliphatic carbocycles. The lowest BCUT2D eigenvalue weighted by molar-refractivity contribution is 0.270. The van der Waals surface area contributed by atoms with Crippen LogP contribution in [0.4, 0.5) is 17.5 Å². The molecule has 0 bridgehead atoms. The number of likely N-dealkylation sites (N-methyl/N-ethyl adjacent to an activating group) is 1. The summed E-state index contributed by atoms with van der Waals surface area (Å²) >= 11 is 0. The van der Waals surface area contributed by atoms with E-state index in [-0.39, 0.29) is 0 Å². The van der Waals surface area contributed by atoms with Crippen LogP contribution in [0.3, 0.4) is 0 Å². The van der Waals surface area contributed by atoms with Crippen molar-refractivity contribution in [2.45, 2.75) is 27.7 Å². The van der Waals surface area contributed by atoms with Crippen molar-refractivity contribution in [1.82, 2.24) is 14.9 Å². The third kappa shape index (κ3) is 4.03. The molecule has 1 aliphatic rings. The minimum atomic E-state index is 0.674. The number of aryl methyl sites for hydroxylation is 3. The Morgan fingerprint density at radius 1 is 0.917 bits per heavy atom. The Bertz CT molecular complexity index is 685. The molecule has 0 spiro atoms. The molecular weight excluding hydrogens is 298 g/mol. The number of rotatable bonds is 4. The molecule has 128 valence electrons. The Morgan fingerprint density at radius 3 is 2.21 bits per heavy atom. The van der Waals surface area contributed by atoms with Crippen molar-refractivity contribution in [1.29, 1.82) is 0 Å². The van der Waals surface area contributed by atoms with Crippen LogP contribution >= 0.6 is 0 Å². The van der Waals surface area contributed by atoms with Gasteiger partial charge in [0.25, 0.3) is 0 Å². The number of anilines is 3. The van der Waals surface area contributed by atoms with Crippen LogP contribution < -0.4 is 10.2 Å². The number of aromatic nitrogens is 2. The Labute approximate surface area is 144 Å². The van der Waals surface area contributed by atoms with E-state index in [0.717, 1.165) is 49.9 Å². The highest BCUT2D eigenvalue weighted by atomic mass is 15.3. The molecule has 0 radical (unpaired) electrons. The van der Waals surface area contributed by atoms with Crippen molar-refractivity contribution in [3.63, 3.8) is 0 Å². The second-order valence-corrected chi connectivity index (χ2v) is 6.61. The molecular formula is C19H27N5. The topological polar surface area (TPSA) is 44.3 Å². The van der Waals surface area contributed by atoms with E-state index >= 15 is 0 Å². The maximum atomic E-state index is 4.75. The fourth-order valence-electron chi connectivity index (χ4n) is 3.24. The summed E-state index contributed by atoms with van der Waals surface area (Å²) < 4.78 is 0. The highest BCUT2D eigenvalue weighted by Crippen LogP contribution is 2.21. The third-order valence-corrected chi connectivity index (χ3v) is 4.46. The van der Waals surface area contributed by atoms with Crippen LogP contribution in [0.15, 0.2) is 24.3 Å². The quantitative estimate of drug-likeness (QED) is 0.934. The molecule has 0 saturated carbocycles. The SMILES string of the molecule is CCN1CCN(c2cc(C)nc(Nc3cc(C)cc(C)c3)n2)CC1. The summed E-state index contributed by atoms with van der Waals surface area (Å²) in [6.07, 6.45) is 0. The van der Waals surface area contributed by atoms with E-state index in [1.807, 2.05) is 6.92 Å². The van der Waals surface area contributed by atoms with Crippen LogP contribution in [0.25, 0.3) is 0 Å². The molecule has 3 rings (SSSR count). The third-order valence-electron chi connectivity index (χ3n) is 4.46. The second kappa shape index (κ2) is 7.18. The van der Waals surface area contributed by atoms with Gasteiger partial charge in [-0.15, -0.1) is 0 Å². The number of piperazine rings is 1. The molecule has 1 saturated heterocycles. The van der Waals surface area contributed by atoms with Gasteiger partial charge in [-0.1, -0.05) is 13.0 Å². The lowest BCUT2D eigenvalue weighted by Gasteiger charge is -2.34. The molecule has 1 aromatic carbocycles. The van der Waals surface area contributed by atoms with Gasteiger partial charge in [0.05, 0.1) is 0 Å². The van der Waals surface area contributed by atoms with Crippen LogP contribution in [-0.4, -0.2) is 47.6 Å². The lowest BCUT2D eigenvalue weighted by atomic mass is 10.1. The van der Waals surface area contributed by atoms with Gasteiger partial charge in [0, 0.05) is 43.6 Å². The normalized spacial score (nSPS) is 15.6. The molecule has 24 heavy (non-hydrogen) atoms. The van der Waals surface area contributed by atoms with Gasteiger partial charge in [-0.2, -0.15) is 4.98 Å². The van der Waals surface area contributed by atoms with Gasteiger partial charge < -0.3 is 15.1 Å². The standard InChI is InChI=1S/C19H27N5/c1-5-23-6-8-24(9-7-23)18-13-16(4)20-19(22-18)21-17-11-14(2)10-15(3)12-17/h10-13H,5-9H2,1-4H3,(H,20,21,22). The van der Waals surface area contributed by atoms with E-state index < -0.39 is 0 Å². The number of hydrogen-bond acceptors (Lipinski definition) is 5. The van der Waals surface area contributed by atoms with Crippen molar-refractivity contribution in [2.24, 2.45) is 0 Å². The largest absolute Gasteiger partial charge is 0.354 e. The predicted molar refractivity (Wildman–Crippen MR) is 100 cm³/mol. The van der Waals surface area contributed by atoms with Crippen molar-refractivity contribution in [3.8, 4) is 0 Å². The predicted octanol–water partition coefficient (Wildman–Crippen LogP) is 3.29. The highest BCUT2D eigenvalue weighted by Gasteiger charge is 2.17. The van der Waals surface area contributed by atoms with E-state index in [9.17, 15) is 0 Å². The first-order chi connectivity index (χ1) is 11.5. The van der Waals surface area contributed by atoms with Crippen LogP contribution in [0, 0.1) is 20.8 Å². The maximum Gasteiger partial charge on any atom is 0.229 e. The van der Waals surface area contributed by atoms with Gasteiger partial charge in [-0.05, 0) is 50.6 Å². The van der Waals surface area contributed by atoms with Gasteiger partial charge >= 0.3 is 0 Å². The number of nitrogens with zero attached hydrogens (tertiary/aromatic N) is 4. The Morgan fingerprint density at radius 2 is 1.58 bits per heavy atom. The van der Waals surface area contributed by atoms with Gasteiger partial charge in [-0.25, -0.2) is 4.98 Å². The lowest BCUT2D eigenvalue weighted by Crippen LogP contribution is -2.46. The second-order valence-electron chi connectivity index (χ2n) is 6.61. The maximum absolute atomic E-state index is 4.75. The van der Waals surface area contributed by atoms with Gasteiger partial charge in [0.2, 0.25) is 5.95 Å². The average molecular weight is 325 g/mol.